The molecule has 0 N–H and O–H groups in total. The second-order valence-corrected chi connectivity index (χ2v) is 9.87. The number of amides is 4. The fourth-order valence-corrected chi connectivity index (χ4v) is 5.82. The largest absolute Gasteiger partial charge is 0.497 e. The van der Waals surface area contributed by atoms with Crippen LogP contribution in [0.1, 0.15) is 44.1 Å². The van der Waals surface area contributed by atoms with Gasteiger partial charge in [0.05, 0.1) is 12.5 Å². The summed E-state index contributed by atoms with van der Waals surface area (Å²) in [4.78, 5) is 58.3. The van der Waals surface area contributed by atoms with Crippen LogP contribution < -0.4 is 9.64 Å². The van der Waals surface area contributed by atoms with E-state index in [1.165, 1.54) is 9.80 Å². The van der Waals surface area contributed by atoms with Crippen molar-refractivity contribution >= 4 is 29.3 Å². The number of imide groups is 1. The van der Waals surface area contributed by atoms with Gasteiger partial charge in [0, 0.05) is 37.7 Å². The number of piperazine rings is 1. The van der Waals surface area contributed by atoms with Crippen molar-refractivity contribution in [1.82, 2.24) is 9.80 Å². The molecule has 2 aromatic carbocycles. The van der Waals surface area contributed by atoms with E-state index in [1.54, 1.807) is 36.3 Å². The van der Waals surface area contributed by atoms with Gasteiger partial charge in [-0.05, 0) is 42.7 Å². The van der Waals surface area contributed by atoms with Crippen LogP contribution in [0, 0.1) is 0 Å². The molecule has 188 valence electrons. The molecule has 2 aliphatic heterocycles. The molecule has 1 saturated carbocycles. The molecule has 8 nitrogen and oxygen atoms in total. The molecule has 3 aliphatic rings. The van der Waals surface area contributed by atoms with E-state index in [-0.39, 0.29) is 49.1 Å². The number of methoxy groups -OCH3 is 1. The molecule has 1 aliphatic carbocycles. The Balaban J connectivity index is 1.41. The maximum atomic E-state index is 14.0. The summed E-state index contributed by atoms with van der Waals surface area (Å²) in [5, 5.41) is 0. The summed E-state index contributed by atoms with van der Waals surface area (Å²) in [6.07, 6.45) is 3.36. The molecule has 1 unspecified atom stereocenters. The van der Waals surface area contributed by atoms with Gasteiger partial charge in [-0.2, -0.15) is 0 Å². The second-order valence-electron chi connectivity index (χ2n) is 9.87. The minimum absolute atomic E-state index is 0.0564. The third-order valence-corrected chi connectivity index (χ3v) is 7.76. The van der Waals surface area contributed by atoms with Crippen molar-refractivity contribution in [2.45, 2.75) is 50.0 Å². The summed E-state index contributed by atoms with van der Waals surface area (Å²) < 4.78 is 5.38. The van der Waals surface area contributed by atoms with Crippen molar-refractivity contribution in [3.8, 4) is 5.75 Å². The lowest BCUT2D eigenvalue weighted by Gasteiger charge is -2.36. The fourth-order valence-electron chi connectivity index (χ4n) is 5.82. The average molecular weight is 490 g/mol. The predicted molar refractivity (Wildman–Crippen MR) is 133 cm³/mol. The third kappa shape index (κ3) is 4.25. The summed E-state index contributed by atoms with van der Waals surface area (Å²) in [6.45, 7) is 0.681. The Morgan fingerprint density at radius 3 is 2.42 bits per heavy atom. The second kappa shape index (κ2) is 9.76. The minimum Gasteiger partial charge on any atom is -0.497 e. The molecule has 0 bridgehead atoms. The van der Waals surface area contributed by atoms with Crippen LogP contribution in [-0.2, 0) is 24.6 Å². The molecule has 3 fully saturated rings. The standard InChI is InChI=1S/C28H31N3O5/c1-36-23-13-7-8-20(16-23)28(18-25(33)31(27(28)35)22-11-5-6-12-22)17-24(32)29-14-15-30(26(34)19-29)21-9-3-2-4-10-21/h2-4,7-10,13,16,22H,5-6,11-12,14-15,17-19H2,1H3. The molecule has 2 saturated heterocycles. The Morgan fingerprint density at radius 1 is 0.972 bits per heavy atom. The highest BCUT2D eigenvalue weighted by Gasteiger charge is 2.56. The lowest BCUT2D eigenvalue weighted by Crippen LogP contribution is -2.54. The Hall–Kier alpha value is -3.68. The van der Waals surface area contributed by atoms with E-state index >= 15 is 0 Å². The summed E-state index contributed by atoms with van der Waals surface area (Å²) in [5.41, 5.74) is 0.0970. The van der Waals surface area contributed by atoms with Gasteiger partial charge in [0.15, 0.2) is 0 Å². The van der Waals surface area contributed by atoms with Crippen LogP contribution in [0.3, 0.4) is 0 Å². The number of hydrogen-bond donors (Lipinski definition) is 0. The first kappa shape index (κ1) is 24.0. The number of para-hydroxylation sites is 1. The van der Waals surface area contributed by atoms with Crippen LogP contribution in [0.25, 0.3) is 0 Å². The number of likely N-dealkylation sites (tertiary alicyclic amines) is 1. The Kier molecular flexibility index (Phi) is 6.51. The fraction of sp³-hybridized carbons (Fsp3) is 0.429. The quantitative estimate of drug-likeness (QED) is 0.583. The minimum atomic E-state index is -1.30. The van der Waals surface area contributed by atoms with Crippen LogP contribution in [0.2, 0.25) is 0 Å². The van der Waals surface area contributed by atoms with Gasteiger partial charge in [-0.1, -0.05) is 43.2 Å². The molecule has 8 heteroatoms. The van der Waals surface area contributed by atoms with Gasteiger partial charge in [0.2, 0.25) is 23.6 Å². The first-order valence-corrected chi connectivity index (χ1v) is 12.6. The average Bonchev–Trinajstić information content (AvgIpc) is 3.50. The highest BCUT2D eigenvalue weighted by molar-refractivity contribution is 6.11. The third-order valence-electron chi connectivity index (χ3n) is 7.76. The number of nitrogens with zero attached hydrogens (tertiary/aromatic N) is 3. The van der Waals surface area contributed by atoms with Crippen molar-refractivity contribution in [1.29, 1.82) is 0 Å². The molecule has 2 aromatic rings. The lowest BCUT2D eigenvalue weighted by molar-refractivity contribution is -0.145. The van der Waals surface area contributed by atoms with Crippen LogP contribution >= 0.6 is 0 Å². The van der Waals surface area contributed by atoms with Crippen molar-refractivity contribution in [2.75, 3.05) is 31.6 Å². The Bertz CT molecular complexity index is 1180. The van der Waals surface area contributed by atoms with Crippen molar-refractivity contribution in [2.24, 2.45) is 0 Å². The molecule has 0 spiro atoms. The van der Waals surface area contributed by atoms with Crippen LogP contribution in [0.5, 0.6) is 5.75 Å². The van der Waals surface area contributed by atoms with E-state index in [4.69, 9.17) is 4.74 Å². The van der Waals surface area contributed by atoms with Gasteiger partial charge in [-0.15, -0.1) is 0 Å². The monoisotopic (exact) mass is 489 g/mol. The SMILES string of the molecule is COc1cccc(C2(CC(=O)N3CCN(c4ccccc4)C(=O)C3)CC(=O)N(C3CCCC3)C2=O)c1. The summed E-state index contributed by atoms with van der Waals surface area (Å²) in [6, 6.07) is 16.3. The molecule has 4 amide bonds. The zero-order valence-electron chi connectivity index (χ0n) is 20.5. The van der Waals surface area contributed by atoms with E-state index in [2.05, 4.69) is 0 Å². The highest BCUT2D eigenvalue weighted by Crippen LogP contribution is 2.44. The number of carbonyl (C=O) groups excluding carboxylic acids is 4. The molecular weight excluding hydrogens is 458 g/mol. The van der Waals surface area contributed by atoms with Gasteiger partial charge in [0.1, 0.15) is 12.3 Å². The highest BCUT2D eigenvalue weighted by atomic mass is 16.5. The molecule has 0 aromatic heterocycles. The zero-order valence-corrected chi connectivity index (χ0v) is 20.5. The molecule has 2 heterocycles. The summed E-state index contributed by atoms with van der Waals surface area (Å²) in [7, 11) is 1.54. The number of hydrogen-bond acceptors (Lipinski definition) is 5. The first-order chi connectivity index (χ1) is 17.4. The van der Waals surface area contributed by atoms with Crippen LogP contribution in [0.15, 0.2) is 54.6 Å². The molecule has 1 atom stereocenters. The Morgan fingerprint density at radius 2 is 1.72 bits per heavy atom. The van der Waals surface area contributed by atoms with Gasteiger partial charge in [-0.25, -0.2) is 0 Å². The first-order valence-electron chi connectivity index (χ1n) is 12.6. The van der Waals surface area contributed by atoms with Gasteiger partial charge in [0.25, 0.3) is 0 Å². The maximum Gasteiger partial charge on any atom is 0.246 e. The number of rotatable bonds is 6. The zero-order chi connectivity index (χ0) is 25.3. The van der Waals surface area contributed by atoms with E-state index in [0.717, 1.165) is 31.4 Å². The summed E-state index contributed by atoms with van der Waals surface area (Å²) in [5.74, 6) is -0.445. The molecule has 36 heavy (non-hydrogen) atoms. The topological polar surface area (TPSA) is 87.2 Å². The van der Waals surface area contributed by atoms with Crippen LogP contribution in [0.4, 0.5) is 5.69 Å². The Labute approximate surface area is 210 Å². The number of anilines is 1. The van der Waals surface area contributed by atoms with Gasteiger partial charge >= 0.3 is 0 Å². The van der Waals surface area contributed by atoms with Crippen molar-refractivity contribution in [3.05, 3.63) is 60.2 Å². The lowest BCUT2D eigenvalue weighted by atomic mass is 9.75. The summed E-state index contributed by atoms with van der Waals surface area (Å²) >= 11 is 0. The van der Waals surface area contributed by atoms with Crippen molar-refractivity contribution in [3.63, 3.8) is 0 Å². The van der Waals surface area contributed by atoms with Gasteiger partial charge < -0.3 is 14.5 Å². The number of carbonyl (C=O) groups is 4. The molecule has 0 radical (unpaired) electrons. The van der Waals surface area contributed by atoms with E-state index in [1.807, 2.05) is 30.3 Å². The number of benzene rings is 2. The smallest absolute Gasteiger partial charge is 0.246 e. The van der Waals surface area contributed by atoms with Gasteiger partial charge in [-0.3, -0.25) is 24.1 Å². The van der Waals surface area contributed by atoms with Crippen LogP contribution in [-0.4, -0.2) is 66.2 Å². The van der Waals surface area contributed by atoms with Crippen molar-refractivity contribution < 1.29 is 23.9 Å². The molecule has 5 rings (SSSR count). The van der Waals surface area contributed by atoms with E-state index in [9.17, 15) is 19.2 Å². The van der Waals surface area contributed by atoms with E-state index < -0.39 is 5.41 Å². The number of ether oxygens (including phenoxy) is 1. The maximum absolute atomic E-state index is 14.0. The van der Waals surface area contributed by atoms with E-state index in [0.29, 0.717) is 24.4 Å². The normalized spacial score (nSPS) is 23.0. The molecular formula is C28H31N3O5. The predicted octanol–water partition coefficient (Wildman–Crippen LogP) is 2.90.